The number of thiazole rings is 1. The lowest BCUT2D eigenvalue weighted by molar-refractivity contribution is -0.136. The van der Waals surface area contributed by atoms with Gasteiger partial charge in [0.1, 0.15) is 12.4 Å². The van der Waals surface area contributed by atoms with Crippen molar-refractivity contribution in [1.82, 2.24) is 4.57 Å². The first kappa shape index (κ1) is 28.3. The Bertz CT molecular complexity index is 1810. The fourth-order valence-electron chi connectivity index (χ4n) is 4.67. The van der Waals surface area contributed by atoms with Gasteiger partial charge < -0.3 is 14.2 Å². The number of methoxy groups -OCH3 is 2. The SMILES string of the molecule is CCC1=C(C(=O)OC)[C@H](c2ccccc2)n2c(s/c(=C\c3cc(Cl)c(OCc4ccc(F)cc4)c(OC)c3)c2=O)=N1. The highest BCUT2D eigenvalue weighted by molar-refractivity contribution is 7.07. The van der Waals surface area contributed by atoms with Crippen LogP contribution in [0.5, 0.6) is 11.5 Å². The van der Waals surface area contributed by atoms with E-state index in [9.17, 15) is 14.0 Å². The number of carbonyl (C=O) groups is 1. The summed E-state index contributed by atoms with van der Waals surface area (Å²) in [6.45, 7) is 2.07. The Morgan fingerprint density at radius 1 is 1.12 bits per heavy atom. The molecule has 0 saturated heterocycles. The molecule has 0 saturated carbocycles. The number of fused-ring (bicyclic) bond motifs is 1. The molecule has 0 bridgehead atoms. The number of esters is 1. The standard InChI is InChI=1S/C31H26ClFN2O5S/c1-4-23-26(30(37)39-3)27(20-8-6-5-7-9-20)35-29(36)25(41-31(35)34-23)16-19-14-22(32)28(24(15-19)38-2)40-17-18-10-12-21(33)13-11-18/h5-16,27H,4,17H2,1-3H3/b25-16-/t27-/m0/s1. The number of carbonyl (C=O) groups excluding carboxylic acids is 1. The highest BCUT2D eigenvalue weighted by atomic mass is 35.5. The molecule has 2 heterocycles. The van der Waals surface area contributed by atoms with Gasteiger partial charge in [-0.05, 0) is 53.5 Å². The summed E-state index contributed by atoms with van der Waals surface area (Å²) in [5.74, 6) is -0.151. The quantitative estimate of drug-likeness (QED) is 0.264. The second-order valence-corrected chi connectivity index (χ2v) is 10.6. The van der Waals surface area contributed by atoms with E-state index in [1.54, 1.807) is 30.3 Å². The zero-order chi connectivity index (χ0) is 29.1. The number of hydrogen-bond acceptors (Lipinski definition) is 7. The molecule has 0 radical (unpaired) electrons. The molecule has 10 heteroatoms. The Morgan fingerprint density at radius 3 is 2.51 bits per heavy atom. The normalized spacial score (nSPS) is 14.9. The second-order valence-electron chi connectivity index (χ2n) is 9.15. The molecular formula is C31H26ClFN2O5S. The smallest absolute Gasteiger partial charge is 0.338 e. The number of ether oxygens (including phenoxy) is 3. The molecule has 3 aromatic carbocycles. The van der Waals surface area contributed by atoms with Crippen LogP contribution in [0, 0.1) is 5.82 Å². The average Bonchev–Trinajstić information content (AvgIpc) is 3.30. The van der Waals surface area contributed by atoms with E-state index in [2.05, 4.69) is 4.99 Å². The third-order valence-corrected chi connectivity index (χ3v) is 7.88. The van der Waals surface area contributed by atoms with E-state index < -0.39 is 12.0 Å². The number of halogens is 2. The van der Waals surface area contributed by atoms with Crippen molar-refractivity contribution < 1.29 is 23.4 Å². The molecule has 0 unspecified atom stereocenters. The van der Waals surface area contributed by atoms with Crippen molar-refractivity contribution >= 4 is 35.0 Å². The van der Waals surface area contributed by atoms with Crippen molar-refractivity contribution in [3.63, 3.8) is 0 Å². The van der Waals surface area contributed by atoms with Gasteiger partial charge in [-0.25, -0.2) is 14.2 Å². The number of rotatable bonds is 8. The van der Waals surface area contributed by atoms with Gasteiger partial charge in [0.2, 0.25) is 0 Å². The van der Waals surface area contributed by atoms with Gasteiger partial charge in [-0.1, -0.05) is 72.3 Å². The largest absolute Gasteiger partial charge is 0.493 e. The van der Waals surface area contributed by atoms with Crippen molar-refractivity contribution in [3.8, 4) is 11.5 Å². The van der Waals surface area contributed by atoms with E-state index >= 15 is 0 Å². The minimum absolute atomic E-state index is 0.163. The van der Waals surface area contributed by atoms with Crippen LogP contribution in [0.25, 0.3) is 6.08 Å². The molecular weight excluding hydrogens is 567 g/mol. The molecule has 0 aliphatic carbocycles. The van der Waals surface area contributed by atoms with Crippen LogP contribution >= 0.6 is 22.9 Å². The third-order valence-electron chi connectivity index (χ3n) is 6.61. The van der Waals surface area contributed by atoms with Crippen LogP contribution in [0.15, 0.2) is 87.8 Å². The van der Waals surface area contributed by atoms with Crippen LogP contribution in [0.3, 0.4) is 0 Å². The van der Waals surface area contributed by atoms with Gasteiger partial charge in [0.15, 0.2) is 16.3 Å². The summed E-state index contributed by atoms with van der Waals surface area (Å²) < 4.78 is 31.7. The number of nitrogens with zero attached hydrogens (tertiary/aromatic N) is 2. The number of aromatic nitrogens is 1. The van der Waals surface area contributed by atoms with Gasteiger partial charge in [-0.15, -0.1) is 0 Å². The lowest BCUT2D eigenvalue weighted by atomic mass is 9.95. The molecule has 1 aliphatic rings. The van der Waals surface area contributed by atoms with Crippen LogP contribution < -0.4 is 24.4 Å². The maximum atomic E-state index is 13.8. The number of hydrogen-bond donors (Lipinski definition) is 0. The molecule has 41 heavy (non-hydrogen) atoms. The summed E-state index contributed by atoms with van der Waals surface area (Å²) in [6, 6.07) is 18.0. The van der Waals surface area contributed by atoms with Crippen molar-refractivity contribution in [2.75, 3.05) is 14.2 Å². The maximum Gasteiger partial charge on any atom is 0.338 e. The van der Waals surface area contributed by atoms with E-state index in [4.69, 9.17) is 25.8 Å². The van der Waals surface area contributed by atoms with Crippen molar-refractivity contribution in [1.29, 1.82) is 0 Å². The molecule has 4 aromatic rings. The van der Waals surface area contributed by atoms with Crippen molar-refractivity contribution in [2.24, 2.45) is 4.99 Å². The van der Waals surface area contributed by atoms with E-state index in [-0.39, 0.29) is 23.0 Å². The van der Waals surface area contributed by atoms with Crippen LogP contribution in [0.4, 0.5) is 4.39 Å². The monoisotopic (exact) mass is 592 g/mol. The van der Waals surface area contributed by atoms with Gasteiger partial charge in [0.05, 0.1) is 41.1 Å². The van der Waals surface area contributed by atoms with E-state index in [0.717, 1.165) is 11.1 Å². The Labute approximate surface area is 244 Å². The first-order valence-corrected chi connectivity index (χ1v) is 14.0. The molecule has 1 atom stereocenters. The molecule has 0 spiro atoms. The van der Waals surface area contributed by atoms with Gasteiger partial charge in [-0.3, -0.25) is 9.36 Å². The second kappa shape index (κ2) is 12.1. The van der Waals surface area contributed by atoms with E-state index in [0.29, 0.717) is 44.1 Å². The van der Waals surface area contributed by atoms with Gasteiger partial charge in [0.25, 0.3) is 5.56 Å². The molecule has 7 nitrogen and oxygen atoms in total. The van der Waals surface area contributed by atoms with E-state index in [1.165, 1.54) is 42.3 Å². The number of benzene rings is 3. The number of allylic oxidation sites excluding steroid dienone is 1. The molecule has 1 aliphatic heterocycles. The third kappa shape index (κ3) is 5.68. The molecule has 1 aromatic heterocycles. The summed E-state index contributed by atoms with van der Waals surface area (Å²) in [5, 5.41) is 0.286. The van der Waals surface area contributed by atoms with Crippen LogP contribution in [0.1, 0.15) is 36.1 Å². The Kier molecular flexibility index (Phi) is 8.37. The molecule has 0 fully saturated rings. The zero-order valence-electron chi connectivity index (χ0n) is 22.5. The Hall–Kier alpha value is -4.21. The van der Waals surface area contributed by atoms with Crippen LogP contribution in [-0.4, -0.2) is 24.8 Å². The fourth-order valence-corrected chi connectivity index (χ4v) is 5.96. The molecule has 210 valence electrons. The van der Waals surface area contributed by atoms with Gasteiger partial charge in [0, 0.05) is 0 Å². The minimum atomic E-state index is -0.683. The van der Waals surface area contributed by atoms with E-state index in [1.807, 2.05) is 37.3 Å². The topological polar surface area (TPSA) is 79.1 Å². The predicted octanol–water partition coefficient (Wildman–Crippen LogP) is 5.18. The summed E-state index contributed by atoms with van der Waals surface area (Å²) in [4.78, 5) is 31.9. The summed E-state index contributed by atoms with van der Waals surface area (Å²) in [6.07, 6.45) is 2.20. The molecule has 0 amide bonds. The highest BCUT2D eigenvalue weighted by Gasteiger charge is 2.33. The Morgan fingerprint density at radius 2 is 1.85 bits per heavy atom. The fraction of sp³-hybridized carbons (Fsp3) is 0.194. The minimum Gasteiger partial charge on any atom is -0.493 e. The Balaban J connectivity index is 1.58. The lowest BCUT2D eigenvalue weighted by Crippen LogP contribution is -2.40. The van der Waals surface area contributed by atoms with Gasteiger partial charge >= 0.3 is 5.97 Å². The van der Waals surface area contributed by atoms with Crippen LogP contribution in [-0.2, 0) is 16.1 Å². The molecule has 0 N–H and O–H groups in total. The summed E-state index contributed by atoms with van der Waals surface area (Å²) in [5.41, 5.74) is 2.77. The first-order valence-electron chi connectivity index (χ1n) is 12.8. The highest BCUT2D eigenvalue weighted by Crippen LogP contribution is 2.37. The first-order chi connectivity index (χ1) is 19.8. The van der Waals surface area contributed by atoms with Crippen molar-refractivity contribution in [2.45, 2.75) is 26.0 Å². The molecule has 5 rings (SSSR count). The van der Waals surface area contributed by atoms with Crippen molar-refractivity contribution in [3.05, 3.63) is 125 Å². The summed E-state index contributed by atoms with van der Waals surface area (Å²) >= 11 is 7.81. The van der Waals surface area contributed by atoms with Crippen LogP contribution in [0.2, 0.25) is 5.02 Å². The lowest BCUT2D eigenvalue weighted by Gasteiger charge is -2.25. The zero-order valence-corrected chi connectivity index (χ0v) is 24.1. The van der Waals surface area contributed by atoms with Gasteiger partial charge in [-0.2, -0.15) is 0 Å². The maximum absolute atomic E-state index is 13.8. The predicted molar refractivity (Wildman–Crippen MR) is 156 cm³/mol. The summed E-state index contributed by atoms with van der Waals surface area (Å²) in [7, 11) is 2.81. The average molecular weight is 593 g/mol.